The van der Waals surface area contributed by atoms with Crippen LogP contribution in [-0.2, 0) is 14.3 Å². The molecule has 35 heavy (non-hydrogen) atoms. The number of benzene rings is 2. The summed E-state index contributed by atoms with van der Waals surface area (Å²) in [7, 11) is 1.53. The first-order valence-corrected chi connectivity index (χ1v) is 10.6. The fraction of sp³-hybridized carbons (Fsp3) is 0.333. The number of esters is 1. The van der Waals surface area contributed by atoms with Gasteiger partial charge in [-0.3, -0.25) is 9.59 Å². The molecule has 0 bridgehead atoms. The molecule has 0 amide bonds. The Kier molecular flexibility index (Phi) is 6.94. The van der Waals surface area contributed by atoms with E-state index >= 15 is 0 Å². The van der Waals surface area contributed by atoms with Crippen LogP contribution in [0, 0.1) is 0 Å². The Morgan fingerprint density at radius 2 is 1.71 bits per heavy atom. The van der Waals surface area contributed by atoms with Gasteiger partial charge in [0, 0.05) is 30.7 Å². The number of hydrogen-bond donors (Lipinski definition) is 4. The van der Waals surface area contributed by atoms with Gasteiger partial charge in [-0.25, -0.2) is 0 Å². The minimum absolute atomic E-state index is 0.000614. The molecule has 0 radical (unpaired) electrons. The zero-order valence-electron chi connectivity index (χ0n) is 18.8. The van der Waals surface area contributed by atoms with Crippen LogP contribution in [0.5, 0.6) is 17.2 Å². The second-order valence-electron chi connectivity index (χ2n) is 7.95. The Morgan fingerprint density at radius 3 is 2.37 bits per heavy atom. The van der Waals surface area contributed by atoms with Gasteiger partial charge in [0.15, 0.2) is 5.43 Å². The van der Waals surface area contributed by atoms with Crippen LogP contribution in [0.15, 0.2) is 51.7 Å². The van der Waals surface area contributed by atoms with Crippen molar-refractivity contribution in [2.75, 3.05) is 13.7 Å². The van der Waals surface area contributed by atoms with Crippen molar-refractivity contribution in [1.82, 2.24) is 0 Å². The van der Waals surface area contributed by atoms with E-state index in [0.717, 1.165) is 6.07 Å². The lowest BCUT2D eigenvalue weighted by Gasteiger charge is -2.39. The molecule has 0 unspecified atom stereocenters. The molecule has 3 aromatic rings. The lowest BCUT2D eigenvalue weighted by molar-refractivity contribution is -0.278. The monoisotopic (exact) mass is 488 g/mol. The number of rotatable bonds is 6. The van der Waals surface area contributed by atoms with Gasteiger partial charge in [0.1, 0.15) is 65.0 Å². The number of fused-ring (bicyclic) bond motifs is 1. The predicted octanol–water partition coefficient (Wildman–Crippen LogP) is 0.924. The van der Waals surface area contributed by atoms with E-state index in [1.165, 1.54) is 26.2 Å². The highest BCUT2D eigenvalue weighted by molar-refractivity contribution is 5.86. The molecule has 5 atom stereocenters. The summed E-state index contributed by atoms with van der Waals surface area (Å²) >= 11 is 0. The van der Waals surface area contributed by atoms with E-state index in [1.54, 1.807) is 24.3 Å². The van der Waals surface area contributed by atoms with Crippen LogP contribution in [0.4, 0.5) is 0 Å². The second-order valence-corrected chi connectivity index (χ2v) is 7.95. The molecular formula is C24H24O11. The SMILES string of the molecule is COc1ccc(-c2cc(=O)c3c(O)cc(O[C@@H]4O[C@H](COC(C)=O)[C@H](O)[C@H](O)[C@@H]4O)cc3o2)cc1. The third-order valence-electron chi connectivity index (χ3n) is 5.53. The fourth-order valence-electron chi connectivity index (χ4n) is 3.69. The number of aliphatic hydroxyl groups excluding tert-OH is 3. The Labute approximate surface area is 198 Å². The molecule has 186 valence electrons. The summed E-state index contributed by atoms with van der Waals surface area (Å²) in [6.45, 7) is 0.781. The third kappa shape index (κ3) is 5.08. The molecule has 1 saturated heterocycles. The Bertz CT molecular complexity index is 1270. The molecule has 1 aromatic heterocycles. The number of hydrogen-bond acceptors (Lipinski definition) is 11. The van der Waals surface area contributed by atoms with E-state index in [1.807, 2.05) is 0 Å². The zero-order chi connectivity index (χ0) is 25.3. The predicted molar refractivity (Wildman–Crippen MR) is 120 cm³/mol. The minimum Gasteiger partial charge on any atom is -0.507 e. The van der Waals surface area contributed by atoms with E-state index < -0.39 is 47.9 Å². The van der Waals surface area contributed by atoms with Crippen LogP contribution in [0.3, 0.4) is 0 Å². The van der Waals surface area contributed by atoms with Crippen LogP contribution in [0.1, 0.15) is 6.92 Å². The Hall–Kier alpha value is -3.64. The van der Waals surface area contributed by atoms with Gasteiger partial charge in [0.2, 0.25) is 6.29 Å². The van der Waals surface area contributed by atoms with Gasteiger partial charge in [-0.05, 0) is 24.3 Å². The molecular weight excluding hydrogens is 464 g/mol. The number of carbonyl (C=O) groups excluding carboxylic acids is 1. The maximum atomic E-state index is 12.7. The quantitative estimate of drug-likeness (QED) is 0.365. The lowest BCUT2D eigenvalue weighted by atomic mass is 9.99. The highest BCUT2D eigenvalue weighted by Gasteiger charge is 2.45. The van der Waals surface area contributed by atoms with E-state index in [-0.39, 0.29) is 29.1 Å². The van der Waals surface area contributed by atoms with Crippen LogP contribution < -0.4 is 14.9 Å². The first-order chi connectivity index (χ1) is 16.7. The molecule has 0 spiro atoms. The molecule has 4 N–H and O–H groups in total. The third-order valence-corrected chi connectivity index (χ3v) is 5.53. The highest BCUT2D eigenvalue weighted by atomic mass is 16.7. The van der Waals surface area contributed by atoms with Gasteiger partial charge in [0.25, 0.3) is 0 Å². The van der Waals surface area contributed by atoms with Crippen LogP contribution in [-0.4, -0.2) is 70.8 Å². The van der Waals surface area contributed by atoms with Crippen molar-refractivity contribution >= 4 is 16.9 Å². The van der Waals surface area contributed by atoms with E-state index in [4.69, 9.17) is 23.4 Å². The van der Waals surface area contributed by atoms with E-state index in [9.17, 15) is 30.0 Å². The molecule has 1 aliphatic rings. The Balaban J connectivity index is 1.64. The summed E-state index contributed by atoms with van der Waals surface area (Å²) in [5, 5.41) is 41.0. The lowest BCUT2D eigenvalue weighted by Crippen LogP contribution is -2.60. The summed E-state index contributed by atoms with van der Waals surface area (Å²) in [6, 6.07) is 10.5. The average Bonchev–Trinajstić information content (AvgIpc) is 2.83. The molecule has 0 saturated carbocycles. The van der Waals surface area contributed by atoms with Crippen molar-refractivity contribution in [2.45, 2.75) is 37.6 Å². The number of ether oxygens (including phenoxy) is 4. The maximum absolute atomic E-state index is 12.7. The fourth-order valence-corrected chi connectivity index (χ4v) is 3.69. The van der Waals surface area contributed by atoms with Gasteiger partial charge in [-0.2, -0.15) is 0 Å². The Morgan fingerprint density at radius 1 is 1.00 bits per heavy atom. The van der Waals surface area contributed by atoms with Crippen molar-refractivity contribution in [3.05, 3.63) is 52.7 Å². The van der Waals surface area contributed by atoms with E-state index in [2.05, 4.69) is 0 Å². The van der Waals surface area contributed by atoms with Crippen molar-refractivity contribution in [1.29, 1.82) is 0 Å². The number of phenolic OH excluding ortho intramolecular Hbond substituents is 1. The maximum Gasteiger partial charge on any atom is 0.302 e. The summed E-state index contributed by atoms with van der Waals surface area (Å²) in [6.07, 6.45) is -7.56. The summed E-state index contributed by atoms with van der Waals surface area (Å²) in [4.78, 5) is 23.8. The number of methoxy groups -OCH3 is 1. The van der Waals surface area contributed by atoms with Crippen molar-refractivity contribution in [3.8, 4) is 28.6 Å². The van der Waals surface area contributed by atoms with Gasteiger partial charge >= 0.3 is 5.97 Å². The van der Waals surface area contributed by atoms with Crippen molar-refractivity contribution < 1.29 is 48.6 Å². The number of aromatic hydroxyl groups is 1. The van der Waals surface area contributed by atoms with Crippen LogP contribution in [0.25, 0.3) is 22.3 Å². The molecule has 1 aliphatic heterocycles. The summed E-state index contributed by atoms with van der Waals surface area (Å²) in [5.74, 6) is -0.258. The van der Waals surface area contributed by atoms with E-state index in [0.29, 0.717) is 11.3 Å². The summed E-state index contributed by atoms with van der Waals surface area (Å²) in [5.41, 5.74) is 0.0998. The molecule has 2 heterocycles. The van der Waals surface area contributed by atoms with Gasteiger partial charge in [0.05, 0.1) is 7.11 Å². The first-order valence-electron chi connectivity index (χ1n) is 10.6. The van der Waals surface area contributed by atoms with Crippen molar-refractivity contribution in [3.63, 3.8) is 0 Å². The number of phenols is 1. The molecule has 2 aromatic carbocycles. The van der Waals surface area contributed by atoms with Gasteiger partial charge in [-0.15, -0.1) is 0 Å². The normalized spacial score (nSPS) is 24.2. The highest BCUT2D eigenvalue weighted by Crippen LogP contribution is 2.33. The van der Waals surface area contributed by atoms with Gasteiger partial charge < -0.3 is 43.8 Å². The molecule has 11 nitrogen and oxygen atoms in total. The standard InChI is InChI=1S/C24H24O11/c1-11(25)32-10-19-21(28)22(29)23(30)24(35-19)33-14-7-15(26)20-16(27)9-17(34-18(20)8-14)12-3-5-13(31-2)6-4-12/h3-9,19,21-24,26,28-30H,10H2,1-2H3/t19-,21+,22+,23+,24-/m1/s1. The molecule has 11 heteroatoms. The van der Waals surface area contributed by atoms with Gasteiger partial charge in [-0.1, -0.05) is 0 Å². The topological polar surface area (TPSA) is 165 Å². The largest absolute Gasteiger partial charge is 0.507 e. The van der Waals surface area contributed by atoms with Crippen LogP contribution >= 0.6 is 0 Å². The zero-order valence-corrected chi connectivity index (χ0v) is 18.8. The average molecular weight is 488 g/mol. The number of aliphatic hydroxyl groups is 3. The van der Waals surface area contributed by atoms with Crippen LogP contribution in [0.2, 0.25) is 0 Å². The second kappa shape index (κ2) is 9.92. The molecule has 0 aliphatic carbocycles. The smallest absolute Gasteiger partial charge is 0.302 e. The first kappa shape index (κ1) is 24.5. The molecule has 4 rings (SSSR count). The minimum atomic E-state index is -1.67. The number of carbonyl (C=O) groups is 1. The molecule has 1 fully saturated rings. The van der Waals surface area contributed by atoms with Crippen molar-refractivity contribution in [2.24, 2.45) is 0 Å². The summed E-state index contributed by atoms with van der Waals surface area (Å²) < 4.78 is 26.9.